The van der Waals surface area contributed by atoms with Crippen molar-refractivity contribution in [3.63, 3.8) is 0 Å². The molecule has 1 atom stereocenters. The van der Waals surface area contributed by atoms with Gasteiger partial charge in [0, 0.05) is 11.6 Å². The molecule has 158 valence electrons. The summed E-state index contributed by atoms with van der Waals surface area (Å²) in [6, 6.07) is 15.4. The molecule has 3 nitrogen and oxygen atoms in total. The van der Waals surface area contributed by atoms with Crippen molar-refractivity contribution in [1.29, 1.82) is 0 Å². The molecular weight excluding hydrogens is 382 g/mol. The molecule has 0 saturated carbocycles. The van der Waals surface area contributed by atoms with Crippen LogP contribution in [0.15, 0.2) is 48.5 Å². The van der Waals surface area contributed by atoms with E-state index in [0.29, 0.717) is 24.2 Å². The summed E-state index contributed by atoms with van der Waals surface area (Å²) < 4.78 is 5.89. The molecule has 1 fully saturated rings. The standard InChI is InChI=1S/C25H34ClNO2/c1-25(2,3)22(14-17-29-24-7-5-4-6-23(24)28)20-12-15-27(16-13-20)18-19-8-10-21(26)11-9-19/h4-11,20,22,28H,12-18H2,1-3H3. The number of hydrogen-bond donors (Lipinski definition) is 1. The highest BCUT2D eigenvalue weighted by Gasteiger charge is 2.34. The third-order valence-corrected chi connectivity index (χ3v) is 6.44. The van der Waals surface area contributed by atoms with E-state index in [2.05, 4.69) is 37.8 Å². The average Bonchev–Trinajstić information content (AvgIpc) is 2.68. The highest BCUT2D eigenvalue weighted by molar-refractivity contribution is 6.30. The topological polar surface area (TPSA) is 32.7 Å². The first kappa shape index (κ1) is 22.0. The van der Waals surface area contributed by atoms with E-state index < -0.39 is 0 Å². The SMILES string of the molecule is CC(C)(C)C(CCOc1ccccc1O)C1CCN(Cc2ccc(Cl)cc2)CC1. The van der Waals surface area contributed by atoms with E-state index in [-0.39, 0.29) is 11.2 Å². The van der Waals surface area contributed by atoms with Crippen LogP contribution in [0, 0.1) is 17.3 Å². The average molecular weight is 416 g/mol. The first-order chi connectivity index (χ1) is 13.8. The third-order valence-electron chi connectivity index (χ3n) is 6.18. The zero-order valence-electron chi connectivity index (χ0n) is 17.9. The van der Waals surface area contributed by atoms with Crippen molar-refractivity contribution in [2.45, 2.75) is 46.6 Å². The second-order valence-corrected chi connectivity index (χ2v) is 9.75. The Balaban J connectivity index is 1.52. The van der Waals surface area contributed by atoms with Gasteiger partial charge in [-0.2, -0.15) is 0 Å². The van der Waals surface area contributed by atoms with Crippen molar-refractivity contribution in [3.05, 3.63) is 59.1 Å². The quantitative estimate of drug-likeness (QED) is 0.568. The minimum absolute atomic E-state index is 0.218. The molecule has 0 radical (unpaired) electrons. The van der Waals surface area contributed by atoms with Crippen LogP contribution in [0.3, 0.4) is 0 Å². The Hall–Kier alpha value is -1.71. The molecule has 3 rings (SSSR count). The van der Waals surface area contributed by atoms with Crippen LogP contribution < -0.4 is 4.74 Å². The Bertz CT molecular complexity index is 761. The van der Waals surface area contributed by atoms with Crippen molar-refractivity contribution in [1.82, 2.24) is 4.90 Å². The van der Waals surface area contributed by atoms with Gasteiger partial charge in [-0.3, -0.25) is 4.90 Å². The predicted octanol–water partition coefficient (Wildman–Crippen LogP) is 6.39. The van der Waals surface area contributed by atoms with E-state index in [1.54, 1.807) is 6.07 Å². The maximum absolute atomic E-state index is 9.91. The predicted molar refractivity (Wildman–Crippen MR) is 121 cm³/mol. The number of para-hydroxylation sites is 2. The molecule has 0 aromatic heterocycles. The van der Waals surface area contributed by atoms with Gasteiger partial charge in [-0.25, -0.2) is 0 Å². The number of halogens is 1. The van der Waals surface area contributed by atoms with Crippen LogP contribution >= 0.6 is 11.6 Å². The van der Waals surface area contributed by atoms with Crippen LogP contribution in [0.1, 0.15) is 45.6 Å². The number of phenolic OH excluding ortho intramolecular Hbond substituents is 1. The van der Waals surface area contributed by atoms with Gasteiger partial charge in [0.2, 0.25) is 0 Å². The van der Waals surface area contributed by atoms with Crippen molar-refractivity contribution < 1.29 is 9.84 Å². The highest BCUT2D eigenvalue weighted by Crippen LogP contribution is 2.40. The highest BCUT2D eigenvalue weighted by atomic mass is 35.5. The van der Waals surface area contributed by atoms with E-state index >= 15 is 0 Å². The van der Waals surface area contributed by atoms with E-state index in [9.17, 15) is 5.11 Å². The summed E-state index contributed by atoms with van der Waals surface area (Å²) in [5.74, 6) is 2.11. The summed E-state index contributed by atoms with van der Waals surface area (Å²) in [5, 5.41) is 10.7. The van der Waals surface area contributed by atoms with Crippen molar-refractivity contribution in [2.24, 2.45) is 17.3 Å². The van der Waals surface area contributed by atoms with E-state index in [1.165, 1.54) is 18.4 Å². The van der Waals surface area contributed by atoms with Gasteiger partial charge in [-0.05, 0) is 79.4 Å². The fourth-order valence-electron chi connectivity index (χ4n) is 4.61. The monoisotopic (exact) mass is 415 g/mol. The zero-order chi connectivity index (χ0) is 20.9. The van der Waals surface area contributed by atoms with Gasteiger partial charge in [0.15, 0.2) is 11.5 Å². The molecule has 29 heavy (non-hydrogen) atoms. The summed E-state index contributed by atoms with van der Waals surface area (Å²) in [5.41, 5.74) is 1.57. The summed E-state index contributed by atoms with van der Waals surface area (Å²) in [4.78, 5) is 2.55. The van der Waals surface area contributed by atoms with Crippen molar-refractivity contribution in [2.75, 3.05) is 19.7 Å². The van der Waals surface area contributed by atoms with E-state index in [1.807, 2.05) is 30.3 Å². The summed E-state index contributed by atoms with van der Waals surface area (Å²) in [6.45, 7) is 11.0. The molecule has 0 aliphatic carbocycles. The molecule has 2 aromatic carbocycles. The van der Waals surface area contributed by atoms with Crippen LogP contribution in [0.4, 0.5) is 0 Å². The second kappa shape index (κ2) is 9.86. The Morgan fingerprint density at radius 1 is 1.07 bits per heavy atom. The fraction of sp³-hybridized carbons (Fsp3) is 0.520. The summed E-state index contributed by atoms with van der Waals surface area (Å²) in [7, 11) is 0. The Kier molecular flexibility index (Phi) is 7.48. The smallest absolute Gasteiger partial charge is 0.160 e. The summed E-state index contributed by atoms with van der Waals surface area (Å²) >= 11 is 6.00. The first-order valence-electron chi connectivity index (χ1n) is 10.7. The molecule has 0 amide bonds. The van der Waals surface area contributed by atoms with Crippen LogP contribution in [-0.2, 0) is 6.54 Å². The number of likely N-dealkylation sites (tertiary alicyclic amines) is 1. The van der Waals surface area contributed by atoms with Gasteiger partial charge in [0.25, 0.3) is 0 Å². The first-order valence-corrected chi connectivity index (χ1v) is 11.1. The van der Waals surface area contributed by atoms with Gasteiger partial charge in [-0.1, -0.05) is 56.6 Å². The Morgan fingerprint density at radius 3 is 2.34 bits per heavy atom. The number of piperidine rings is 1. The van der Waals surface area contributed by atoms with Gasteiger partial charge < -0.3 is 9.84 Å². The minimum Gasteiger partial charge on any atom is -0.504 e. The second-order valence-electron chi connectivity index (χ2n) is 9.32. The van der Waals surface area contributed by atoms with Gasteiger partial charge in [0.05, 0.1) is 6.61 Å². The molecule has 2 aromatic rings. The molecular formula is C25H34ClNO2. The fourth-order valence-corrected chi connectivity index (χ4v) is 4.74. The van der Waals surface area contributed by atoms with Gasteiger partial charge >= 0.3 is 0 Å². The lowest BCUT2D eigenvalue weighted by Crippen LogP contribution is -2.39. The lowest BCUT2D eigenvalue weighted by Gasteiger charge is -2.42. The number of ether oxygens (including phenoxy) is 1. The number of benzene rings is 2. The van der Waals surface area contributed by atoms with Crippen LogP contribution in [0.5, 0.6) is 11.5 Å². The molecule has 4 heteroatoms. The number of hydrogen-bond acceptors (Lipinski definition) is 3. The molecule has 1 heterocycles. The van der Waals surface area contributed by atoms with Crippen molar-refractivity contribution >= 4 is 11.6 Å². The summed E-state index contributed by atoms with van der Waals surface area (Å²) in [6.07, 6.45) is 3.47. The molecule has 0 spiro atoms. The van der Waals surface area contributed by atoms with E-state index in [4.69, 9.17) is 16.3 Å². The Morgan fingerprint density at radius 2 is 1.72 bits per heavy atom. The largest absolute Gasteiger partial charge is 0.504 e. The Labute approximate surface area is 180 Å². The maximum atomic E-state index is 9.91. The molecule has 1 N–H and O–H groups in total. The molecule has 1 aliphatic heterocycles. The number of rotatable bonds is 7. The molecule has 1 saturated heterocycles. The van der Waals surface area contributed by atoms with Gasteiger partial charge in [-0.15, -0.1) is 0 Å². The van der Waals surface area contributed by atoms with Gasteiger partial charge in [0.1, 0.15) is 0 Å². The third kappa shape index (κ3) is 6.38. The van der Waals surface area contributed by atoms with Crippen LogP contribution in [-0.4, -0.2) is 29.7 Å². The maximum Gasteiger partial charge on any atom is 0.160 e. The van der Waals surface area contributed by atoms with Crippen LogP contribution in [0.25, 0.3) is 0 Å². The number of nitrogens with zero attached hydrogens (tertiary/aromatic N) is 1. The minimum atomic E-state index is 0.218. The lowest BCUT2D eigenvalue weighted by molar-refractivity contribution is 0.0663. The lowest BCUT2D eigenvalue weighted by atomic mass is 9.68. The molecule has 1 aliphatic rings. The molecule has 1 unspecified atom stereocenters. The van der Waals surface area contributed by atoms with Crippen molar-refractivity contribution in [3.8, 4) is 11.5 Å². The van der Waals surface area contributed by atoms with E-state index in [0.717, 1.165) is 31.1 Å². The normalized spacial score (nSPS) is 17.2. The zero-order valence-corrected chi connectivity index (χ0v) is 18.7. The number of aromatic hydroxyl groups is 1. The molecule has 0 bridgehead atoms. The van der Waals surface area contributed by atoms with Crippen LogP contribution in [0.2, 0.25) is 5.02 Å². The number of phenols is 1.